The Kier molecular flexibility index (Phi) is 5.07. The Hall–Kier alpha value is -2.31. The van der Waals surface area contributed by atoms with Crippen LogP contribution < -0.4 is 14.2 Å². The van der Waals surface area contributed by atoms with Crippen LogP contribution in [0.5, 0.6) is 17.2 Å². The second kappa shape index (κ2) is 7.75. The van der Waals surface area contributed by atoms with Crippen LogP contribution in [0.15, 0.2) is 30.5 Å². The number of pyridine rings is 1. The second-order valence-corrected chi connectivity index (χ2v) is 8.85. The summed E-state index contributed by atoms with van der Waals surface area (Å²) in [4.78, 5) is 7.01. The molecular formula is C24H30N2O4. The van der Waals surface area contributed by atoms with Crippen LogP contribution in [-0.4, -0.2) is 41.5 Å². The van der Waals surface area contributed by atoms with Crippen LogP contribution in [0.1, 0.15) is 43.0 Å². The van der Waals surface area contributed by atoms with Gasteiger partial charge in [0.2, 0.25) is 6.79 Å². The van der Waals surface area contributed by atoms with Crippen LogP contribution in [0, 0.1) is 18.8 Å². The summed E-state index contributed by atoms with van der Waals surface area (Å²) >= 11 is 0. The van der Waals surface area contributed by atoms with Gasteiger partial charge in [-0.15, -0.1) is 0 Å². The molecule has 5 rings (SSSR count). The SMILES string of the molecule is CCCOc1cc2c(cc1CN1C[C@H]3CC[C@](O)(c4ncccc4C)[C@H]3C1)OCO2. The number of hydrogen-bond acceptors (Lipinski definition) is 6. The van der Waals surface area contributed by atoms with Gasteiger partial charge >= 0.3 is 0 Å². The van der Waals surface area contributed by atoms with Gasteiger partial charge in [0.1, 0.15) is 11.4 Å². The quantitative estimate of drug-likeness (QED) is 0.785. The van der Waals surface area contributed by atoms with E-state index >= 15 is 0 Å². The molecule has 1 N–H and O–H groups in total. The molecule has 2 fully saturated rings. The molecule has 0 radical (unpaired) electrons. The third kappa shape index (κ3) is 3.32. The number of hydrogen-bond donors (Lipinski definition) is 1. The first kappa shape index (κ1) is 19.6. The van der Waals surface area contributed by atoms with E-state index in [0.29, 0.717) is 12.5 Å². The normalized spacial score (nSPS) is 27.4. The minimum atomic E-state index is -0.832. The van der Waals surface area contributed by atoms with Gasteiger partial charge in [0, 0.05) is 43.4 Å². The summed E-state index contributed by atoms with van der Waals surface area (Å²) in [6.45, 7) is 7.71. The Labute approximate surface area is 177 Å². The average Bonchev–Trinajstić information content (AvgIpc) is 3.43. The molecular weight excluding hydrogens is 380 g/mol. The molecule has 0 spiro atoms. The Morgan fingerprint density at radius 2 is 2.10 bits per heavy atom. The molecule has 3 aliphatic rings. The maximum Gasteiger partial charge on any atom is 0.231 e. The molecule has 1 aromatic carbocycles. The zero-order valence-electron chi connectivity index (χ0n) is 17.8. The van der Waals surface area contributed by atoms with Gasteiger partial charge in [0.05, 0.1) is 12.3 Å². The monoisotopic (exact) mass is 410 g/mol. The van der Waals surface area contributed by atoms with Crippen molar-refractivity contribution >= 4 is 0 Å². The number of rotatable bonds is 6. The number of nitrogens with zero attached hydrogens (tertiary/aromatic N) is 2. The van der Waals surface area contributed by atoms with Gasteiger partial charge < -0.3 is 19.3 Å². The van der Waals surface area contributed by atoms with Crippen molar-refractivity contribution in [2.75, 3.05) is 26.5 Å². The Balaban J connectivity index is 1.37. The Morgan fingerprint density at radius 3 is 2.90 bits per heavy atom. The fraction of sp³-hybridized carbons (Fsp3) is 0.542. The zero-order chi connectivity index (χ0) is 20.7. The lowest BCUT2D eigenvalue weighted by Gasteiger charge is -2.31. The highest BCUT2D eigenvalue weighted by Crippen LogP contribution is 2.51. The van der Waals surface area contributed by atoms with Crippen LogP contribution in [0.2, 0.25) is 0 Å². The topological polar surface area (TPSA) is 64.1 Å². The number of ether oxygens (including phenoxy) is 3. The van der Waals surface area contributed by atoms with Crippen molar-refractivity contribution in [1.29, 1.82) is 0 Å². The highest BCUT2D eigenvalue weighted by molar-refractivity contribution is 5.52. The predicted octanol–water partition coefficient (Wildman–Crippen LogP) is 3.64. The van der Waals surface area contributed by atoms with Gasteiger partial charge in [-0.25, -0.2) is 0 Å². The standard InChI is InChI=1S/C24H30N2O4/c1-3-9-28-20-11-22-21(29-15-30-22)10-18(20)13-26-12-17-6-7-24(27,19(17)14-26)23-16(2)5-4-8-25-23/h4-5,8,10-11,17,19,27H,3,6-7,9,12-15H2,1-2H3/t17-,19+,24-/m1/s1. The Bertz CT molecular complexity index is 933. The van der Waals surface area contributed by atoms with E-state index in [-0.39, 0.29) is 12.7 Å². The molecule has 1 saturated heterocycles. The summed E-state index contributed by atoms with van der Waals surface area (Å²) in [5.41, 5.74) is 2.21. The van der Waals surface area contributed by atoms with E-state index in [4.69, 9.17) is 14.2 Å². The Morgan fingerprint density at radius 1 is 1.27 bits per heavy atom. The molecule has 30 heavy (non-hydrogen) atoms. The van der Waals surface area contributed by atoms with Crippen molar-refractivity contribution in [2.45, 2.75) is 45.3 Å². The largest absolute Gasteiger partial charge is 0.493 e. The summed E-state index contributed by atoms with van der Waals surface area (Å²) < 4.78 is 17.2. The van der Waals surface area contributed by atoms with Crippen LogP contribution in [0.25, 0.3) is 0 Å². The summed E-state index contributed by atoms with van der Waals surface area (Å²) in [5.74, 6) is 3.11. The lowest BCUT2D eigenvalue weighted by Crippen LogP contribution is -2.36. The highest BCUT2D eigenvalue weighted by Gasteiger charge is 2.53. The van der Waals surface area contributed by atoms with Crippen molar-refractivity contribution in [3.8, 4) is 17.2 Å². The van der Waals surface area contributed by atoms with E-state index < -0.39 is 5.60 Å². The first-order valence-electron chi connectivity index (χ1n) is 11.0. The molecule has 160 valence electrons. The summed E-state index contributed by atoms with van der Waals surface area (Å²) in [7, 11) is 0. The molecule has 0 amide bonds. The van der Waals surface area contributed by atoms with Gasteiger partial charge in [-0.05, 0) is 49.8 Å². The third-order valence-corrected chi connectivity index (χ3v) is 6.86. The predicted molar refractivity (Wildman–Crippen MR) is 113 cm³/mol. The van der Waals surface area contributed by atoms with Crippen molar-refractivity contribution in [3.63, 3.8) is 0 Å². The second-order valence-electron chi connectivity index (χ2n) is 8.85. The van der Waals surface area contributed by atoms with Crippen molar-refractivity contribution in [3.05, 3.63) is 47.3 Å². The molecule has 3 atom stereocenters. The first-order chi connectivity index (χ1) is 14.6. The first-order valence-corrected chi connectivity index (χ1v) is 11.0. The summed E-state index contributed by atoms with van der Waals surface area (Å²) in [5, 5.41) is 11.6. The maximum atomic E-state index is 11.6. The van der Waals surface area contributed by atoms with Gasteiger partial charge in [-0.1, -0.05) is 13.0 Å². The molecule has 3 heterocycles. The molecule has 6 nitrogen and oxygen atoms in total. The van der Waals surface area contributed by atoms with E-state index in [0.717, 1.165) is 73.0 Å². The van der Waals surface area contributed by atoms with Gasteiger partial charge in [0.15, 0.2) is 11.5 Å². The maximum absolute atomic E-state index is 11.6. The number of fused-ring (bicyclic) bond motifs is 2. The van der Waals surface area contributed by atoms with Gasteiger partial charge in [-0.3, -0.25) is 9.88 Å². The minimum absolute atomic E-state index is 0.208. The number of likely N-dealkylation sites (tertiary alicyclic amines) is 1. The molecule has 2 aromatic rings. The van der Waals surface area contributed by atoms with E-state index in [1.54, 1.807) is 6.20 Å². The number of benzene rings is 1. The van der Waals surface area contributed by atoms with E-state index in [1.165, 1.54) is 0 Å². The highest BCUT2D eigenvalue weighted by atomic mass is 16.7. The minimum Gasteiger partial charge on any atom is -0.493 e. The van der Waals surface area contributed by atoms with E-state index in [1.807, 2.05) is 25.1 Å². The lowest BCUT2D eigenvalue weighted by atomic mass is 9.83. The van der Waals surface area contributed by atoms with E-state index in [9.17, 15) is 5.11 Å². The zero-order valence-corrected chi connectivity index (χ0v) is 17.8. The molecule has 2 aliphatic heterocycles. The van der Waals surface area contributed by atoms with Crippen LogP contribution >= 0.6 is 0 Å². The molecule has 0 bridgehead atoms. The van der Waals surface area contributed by atoms with E-state index in [2.05, 4.69) is 22.9 Å². The number of aromatic nitrogens is 1. The average molecular weight is 411 g/mol. The summed E-state index contributed by atoms with van der Waals surface area (Å²) in [6.07, 6.45) is 4.58. The fourth-order valence-corrected chi connectivity index (χ4v) is 5.42. The molecule has 6 heteroatoms. The lowest BCUT2D eigenvalue weighted by molar-refractivity contribution is -0.0114. The van der Waals surface area contributed by atoms with Crippen LogP contribution in [-0.2, 0) is 12.1 Å². The smallest absolute Gasteiger partial charge is 0.231 e. The number of aliphatic hydroxyl groups is 1. The number of aryl methyl sites for hydroxylation is 1. The van der Waals surface area contributed by atoms with Gasteiger partial charge in [-0.2, -0.15) is 0 Å². The van der Waals surface area contributed by atoms with Crippen molar-refractivity contribution < 1.29 is 19.3 Å². The molecule has 1 saturated carbocycles. The van der Waals surface area contributed by atoms with Crippen molar-refractivity contribution in [2.24, 2.45) is 11.8 Å². The van der Waals surface area contributed by atoms with Gasteiger partial charge in [0.25, 0.3) is 0 Å². The van der Waals surface area contributed by atoms with Crippen LogP contribution in [0.3, 0.4) is 0 Å². The summed E-state index contributed by atoms with van der Waals surface area (Å²) in [6, 6.07) is 7.99. The van der Waals surface area contributed by atoms with Crippen LogP contribution in [0.4, 0.5) is 0 Å². The third-order valence-electron chi connectivity index (χ3n) is 6.86. The van der Waals surface area contributed by atoms with Crippen molar-refractivity contribution in [1.82, 2.24) is 9.88 Å². The molecule has 0 unspecified atom stereocenters. The molecule has 1 aromatic heterocycles. The fourth-order valence-electron chi connectivity index (χ4n) is 5.42. The molecule has 1 aliphatic carbocycles.